The first kappa shape index (κ1) is 15.8. The van der Waals surface area contributed by atoms with Gasteiger partial charge in [-0.2, -0.15) is 15.0 Å². The highest BCUT2D eigenvalue weighted by molar-refractivity contribution is 5.38. The lowest BCUT2D eigenvalue weighted by molar-refractivity contribution is 0.221. The number of rotatable bonds is 5. The van der Waals surface area contributed by atoms with Gasteiger partial charge in [-0.25, -0.2) is 0 Å². The third-order valence-corrected chi connectivity index (χ3v) is 3.65. The van der Waals surface area contributed by atoms with Crippen molar-refractivity contribution in [2.45, 2.75) is 38.8 Å². The van der Waals surface area contributed by atoms with Crippen LogP contribution in [0.1, 0.15) is 26.7 Å². The molecule has 1 N–H and O–H groups in total. The largest absolute Gasteiger partial charge is 0.461 e. The van der Waals surface area contributed by atoms with E-state index in [1.165, 1.54) is 0 Å². The molecule has 0 aliphatic carbocycles. The molecule has 118 valence electrons. The third-order valence-electron chi connectivity index (χ3n) is 3.65. The Morgan fingerprint density at radius 3 is 2.38 bits per heavy atom. The average Bonchev–Trinajstić information content (AvgIpc) is 2.46. The van der Waals surface area contributed by atoms with Gasteiger partial charge in [0.15, 0.2) is 0 Å². The van der Waals surface area contributed by atoms with Gasteiger partial charge in [-0.05, 0) is 40.8 Å². The second kappa shape index (κ2) is 6.89. The molecule has 0 amide bonds. The molecule has 1 aromatic rings. The Morgan fingerprint density at radius 1 is 1.19 bits per heavy atom. The standard InChI is InChI=1S/C14H26N6O/c1-10(2)21-14-17-12(15-3)16-13(18-14)20-8-6-11(7-9-20)19(4)5/h10-11H,6-9H2,1-5H3,(H,15,16,17,18). The maximum atomic E-state index is 5.61. The van der Waals surface area contributed by atoms with Crippen LogP contribution in [0.2, 0.25) is 0 Å². The second-order valence-electron chi connectivity index (χ2n) is 5.84. The monoisotopic (exact) mass is 294 g/mol. The van der Waals surface area contributed by atoms with E-state index in [9.17, 15) is 0 Å². The van der Waals surface area contributed by atoms with Gasteiger partial charge in [0.2, 0.25) is 11.9 Å². The van der Waals surface area contributed by atoms with Crippen molar-refractivity contribution in [1.82, 2.24) is 19.9 Å². The van der Waals surface area contributed by atoms with Gasteiger partial charge in [0.1, 0.15) is 0 Å². The summed E-state index contributed by atoms with van der Waals surface area (Å²) in [5.74, 6) is 1.24. The van der Waals surface area contributed by atoms with Crippen molar-refractivity contribution in [2.75, 3.05) is 44.4 Å². The Bertz CT molecular complexity index is 457. The number of hydrogen-bond donors (Lipinski definition) is 1. The minimum atomic E-state index is 0.0458. The highest BCUT2D eigenvalue weighted by Gasteiger charge is 2.23. The summed E-state index contributed by atoms with van der Waals surface area (Å²) >= 11 is 0. The van der Waals surface area contributed by atoms with E-state index in [1.54, 1.807) is 7.05 Å². The number of hydrogen-bond acceptors (Lipinski definition) is 7. The van der Waals surface area contributed by atoms with Gasteiger partial charge >= 0.3 is 6.01 Å². The molecule has 0 atom stereocenters. The van der Waals surface area contributed by atoms with Crippen LogP contribution in [0, 0.1) is 0 Å². The van der Waals surface area contributed by atoms with Crippen LogP contribution in [-0.2, 0) is 0 Å². The van der Waals surface area contributed by atoms with Gasteiger partial charge in [0, 0.05) is 26.2 Å². The minimum Gasteiger partial charge on any atom is -0.461 e. The first-order valence-electron chi connectivity index (χ1n) is 7.51. The predicted molar refractivity (Wildman–Crippen MR) is 84.1 cm³/mol. The van der Waals surface area contributed by atoms with E-state index in [2.05, 4.69) is 44.2 Å². The first-order valence-corrected chi connectivity index (χ1v) is 7.51. The Balaban J connectivity index is 2.12. The molecule has 7 nitrogen and oxygen atoms in total. The van der Waals surface area contributed by atoms with E-state index in [4.69, 9.17) is 4.74 Å². The maximum Gasteiger partial charge on any atom is 0.323 e. The van der Waals surface area contributed by atoms with E-state index in [0.717, 1.165) is 25.9 Å². The molecule has 0 saturated carbocycles. The van der Waals surface area contributed by atoms with Crippen LogP contribution in [0.15, 0.2) is 0 Å². The van der Waals surface area contributed by atoms with Crippen molar-refractivity contribution in [3.05, 3.63) is 0 Å². The minimum absolute atomic E-state index is 0.0458. The molecule has 1 aromatic heterocycles. The first-order chi connectivity index (χ1) is 9.99. The van der Waals surface area contributed by atoms with Crippen LogP contribution in [0.4, 0.5) is 11.9 Å². The van der Waals surface area contributed by atoms with E-state index in [-0.39, 0.29) is 6.10 Å². The van der Waals surface area contributed by atoms with Crippen molar-refractivity contribution in [1.29, 1.82) is 0 Å². The fraction of sp³-hybridized carbons (Fsp3) is 0.786. The molecule has 0 radical (unpaired) electrons. The molecule has 2 heterocycles. The van der Waals surface area contributed by atoms with Gasteiger partial charge in [0.05, 0.1) is 6.10 Å². The normalized spacial score (nSPS) is 16.6. The van der Waals surface area contributed by atoms with Gasteiger partial charge in [-0.15, -0.1) is 0 Å². The van der Waals surface area contributed by atoms with E-state index in [0.29, 0.717) is 23.9 Å². The van der Waals surface area contributed by atoms with E-state index in [1.807, 2.05) is 13.8 Å². The van der Waals surface area contributed by atoms with Crippen molar-refractivity contribution in [3.8, 4) is 6.01 Å². The van der Waals surface area contributed by atoms with Crippen LogP contribution in [0.25, 0.3) is 0 Å². The summed E-state index contributed by atoms with van der Waals surface area (Å²) in [6, 6.07) is 1.02. The second-order valence-corrected chi connectivity index (χ2v) is 5.84. The molecule has 0 bridgehead atoms. The molecule has 0 spiro atoms. The van der Waals surface area contributed by atoms with Crippen molar-refractivity contribution in [2.24, 2.45) is 0 Å². The Kier molecular flexibility index (Phi) is 5.17. The zero-order valence-electron chi connectivity index (χ0n) is 13.6. The van der Waals surface area contributed by atoms with Crippen LogP contribution >= 0.6 is 0 Å². The number of nitrogens with zero attached hydrogens (tertiary/aromatic N) is 5. The fourth-order valence-electron chi connectivity index (χ4n) is 2.44. The fourth-order valence-corrected chi connectivity index (χ4v) is 2.44. The predicted octanol–water partition coefficient (Wildman–Crippen LogP) is 1.23. The summed E-state index contributed by atoms with van der Waals surface area (Å²) in [5, 5.41) is 2.97. The molecule has 21 heavy (non-hydrogen) atoms. The number of ether oxygens (including phenoxy) is 1. The zero-order chi connectivity index (χ0) is 15.4. The lowest BCUT2D eigenvalue weighted by Crippen LogP contribution is -2.42. The Hall–Kier alpha value is -1.63. The molecule has 2 rings (SSSR count). The van der Waals surface area contributed by atoms with E-state index >= 15 is 0 Å². The van der Waals surface area contributed by atoms with Crippen LogP contribution in [0.3, 0.4) is 0 Å². The number of piperidine rings is 1. The van der Waals surface area contributed by atoms with Gasteiger partial charge in [-0.3, -0.25) is 0 Å². The van der Waals surface area contributed by atoms with Gasteiger partial charge in [0.25, 0.3) is 0 Å². The molecule has 1 aliphatic rings. The van der Waals surface area contributed by atoms with Crippen LogP contribution < -0.4 is 15.0 Å². The summed E-state index contributed by atoms with van der Waals surface area (Å²) in [4.78, 5) is 17.6. The smallest absolute Gasteiger partial charge is 0.323 e. The highest BCUT2D eigenvalue weighted by atomic mass is 16.5. The van der Waals surface area contributed by atoms with E-state index < -0.39 is 0 Å². The number of anilines is 2. The maximum absolute atomic E-state index is 5.61. The quantitative estimate of drug-likeness (QED) is 0.876. The summed E-state index contributed by atoms with van der Waals surface area (Å²) in [5.41, 5.74) is 0. The number of nitrogens with one attached hydrogen (secondary N) is 1. The lowest BCUT2D eigenvalue weighted by Gasteiger charge is -2.35. The summed E-state index contributed by atoms with van der Waals surface area (Å²) in [7, 11) is 6.07. The molecule has 0 aromatic carbocycles. The van der Waals surface area contributed by atoms with Crippen LogP contribution in [-0.4, -0.2) is 66.2 Å². The third kappa shape index (κ3) is 4.17. The topological polar surface area (TPSA) is 66.4 Å². The Labute approximate surface area is 126 Å². The molecule has 1 saturated heterocycles. The van der Waals surface area contributed by atoms with Gasteiger partial charge < -0.3 is 19.9 Å². The highest BCUT2D eigenvalue weighted by Crippen LogP contribution is 2.21. The lowest BCUT2D eigenvalue weighted by atomic mass is 10.0. The van der Waals surface area contributed by atoms with Crippen LogP contribution in [0.5, 0.6) is 6.01 Å². The number of aromatic nitrogens is 3. The molecular weight excluding hydrogens is 268 g/mol. The summed E-state index contributed by atoms with van der Waals surface area (Å²) < 4.78 is 5.61. The molecule has 7 heteroatoms. The molecule has 0 unspecified atom stereocenters. The van der Waals surface area contributed by atoms with Crippen molar-refractivity contribution >= 4 is 11.9 Å². The SMILES string of the molecule is CNc1nc(OC(C)C)nc(N2CCC(N(C)C)CC2)n1. The van der Waals surface area contributed by atoms with Crippen molar-refractivity contribution in [3.63, 3.8) is 0 Å². The molecule has 1 fully saturated rings. The summed E-state index contributed by atoms with van der Waals surface area (Å²) in [6.07, 6.45) is 2.28. The zero-order valence-corrected chi connectivity index (χ0v) is 13.6. The molecular formula is C14H26N6O. The van der Waals surface area contributed by atoms with Gasteiger partial charge in [-0.1, -0.05) is 0 Å². The molecule has 1 aliphatic heterocycles. The average molecular weight is 294 g/mol. The Morgan fingerprint density at radius 2 is 1.86 bits per heavy atom. The van der Waals surface area contributed by atoms with Crippen molar-refractivity contribution < 1.29 is 4.74 Å². The summed E-state index contributed by atoms with van der Waals surface area (Å²) in [6.45, 7) is 5.84.